The Balaban J connectivity index is 1.88. The van der Waals surface area contributed by atoms with Gasteiger partial charge < -0.3 is 14.6 Å². The molecule has 1 amide bonds. The fourth-order valence-corrected chi connectivity index (χ4v) is 4.07. The maximum absolute atomic E-state index is 13.4. The number of nitrogens with zero attached hydrogens (tertiary/aromatic N) is 1. The molecule has 0 atom stereocenters. The Kier molecular flexibility index (Phi) is 6.02. The molecule has 6 heteroatoms. The molecule has 0 saturated heterocycles. The lowest BCUT2D eigenvalue weighted by Crippen LogP contribution is -2.33. The van der Waals surface area contributed by atoms with E-state index < -0.39 is 0 Å². The lowest BCUT2D eigenvalue weighted by atomic mass is 9.92. The van der Waals surface area contributed by atoms with Gasteiger partial charge in [0.15, 0.2) is 0 Å². The van der Waals surface area contributed by atoms with Gasteiger partial charge in [-0.05, 0) is 42.2 Å². The van der Waals surface area contributed by atoms with Gasteiger partial charge in [-0.1, -0.05) is 48.0 Å². The number of hydrogen-bond donors (Lipinski definition) is 1. The molecule has 1 aromatic heterocycles. The number of nitrogens with one attached hydrogen (secondary N) is 1. The molecule has 0 fully saturated rings. The van der Waals surface area contributed by atoms with Crippen molar-refractivity contribution in [2.75, 3.05) is 20.3 Å². The van der Waals surface area contributed by atoms with Gasteiger partial charge in [0.1, 0.15) is 0 Å². The number of methoxy groups -OCH3 is 1. The van der Waals surface area contributed by atoms with E-state index in [1.54, 1.807) is 17.7 Å². The molecular weight excluding hydrogens is 400 g/mol. The van der Waals surface area contributed by atoms with Crippen LogP contribution in [0, 0.1) is 0 Å². The first-order valence-corrected chi connectivity index (χ1v) is 10.4. The summed E-state index contributed by atoms with van der Waals surface area (Å²) in [5.74, 6) is -0.208. The van der Waals surface area contributed by atoms with E-state index in [9.17, 15) is 9.59 Å². The molecule has 0 radical (unpaired) electrons. The van der Waals surface area contributed by atoms with Gasteiger partial charge in [-0.15, -0.1) is 0 Å². The van der Waals surface area contributed by atoms with Gasteiger partial charge >= 0.3 is 0 Å². The Bertz CT molecular complexity index is 1140. The number of aryl methyl sites for hydroxylation is 1. The zero-order valence-corrected chi connectivity index (χ0v) is 17.5. The number of benzene rings is 2. The number of fused-ring (bicyclic) bond motifs is 3. The molecule has 30 heavy (non-hydrogen) atoms. The van der Waals surface area contributed by atoms with Crippen LogP contribution in [0.5, 0.6) is 0 Å². The van der Waals surface area contributed by atoms with Gasteiger partial charge in [0.2, 0.25) is 0 Å². The summed E-state index contributed by atoms with van der Waals surface area (Å²) >= 11 is 6.26. The number of aromatic nitrogens is 1. The Morgan fingerprint density at radius 3 is 2.70 bits per heavy atom. The molecule has 0 aliphatic carbocycles. The van der Waals surface area contributed by atoms with Gasteiger partial charge in [0.25, 0.3) is 11.5 Å². The van der Waals surface area contributed by atoms with E-state index >= 15 is 0 Å². The van der Waals surface area contributed by atoms with Crippen LogP contribution in [0.1, 0.15) is 22.3 Å². The number of halogens is 1. The summed E-state index contributed by atoms with van der Waals surface area (Å²) in [6, 6.07) is 16.8. The molecule has 3 aromatic rings. The SMILES string of the molecule is COCCCNC(=O)c1cc(-c2ccccc2)c(=O)n2c1-c1cc(Cl)ccc1CC2. The van der Waals surface area contributed by atoms with Crippen LogP contribution in [0.3, 0.4) is 0 Å². The van der Waals surface area contributed by atoms with Crippen molar-refractivity contribution in [2.24, 2.45) is 0 Å². The van der Waals surface area contributed by atoms with Gasteiger partial charge in [-0.3, -0.25) is 9.59 Å². The number of rotatable bonds is 6. The number of carbonyl (C=O) groups excluding carboxylic acids is 1. The van der Waals surface area contributed by atoms with E-state index in [1.165, 1.54) is 0 Å². The molecule has 154 valence electrons. The second-order valence-corrected chi connectivity index (χ2v) is 7.73. The zero-order valence-electron chi connectivity index (χ0n) is 16.8. The maximum atomic E-state index is 13.4. The largest absolute Gasteiger partial charge is 0.385 e. The fourth-order valence-electron chi connectivity index (χ4n) is 3.90. The van der Waals surface area contributed by atoms with E-state index in [0.717, 1.165) is 16.7 Å². The molecule has 1 aliphatic rings. The van der Waals surface area contributed by atoms with Crippen LogP contribution < -0.4 is 10.9 Å². The summed E-state index contributed by atoms with van der Waals surface area (Å²) in [6.45, 7) is 1.59. The summed E-state index contributed by atoms with van der Waals surface area (Å²) in [7, 11) is 1.63. The monoisotopic (exact) mass is 422 g/mol. The molecule has 0 bridgehead atoms. The second kappa shape index (κ2) is 8.86. The van der Waals surface area contributed by atoms with Crippen molar-refractivity contribution in [3.63, 3.8) is 0 Å². The lowest BCUT2D eigenvalue weighted by Gasteiger charge is -2.25. The lowest BCUT2D eigenvalue weighted by molar-refractivity contribution is 0.0948. The standard InChI is InChI=1S/C24H23ClN2O3/c1-30-13-5-11-26-23(28)21-15-20(16-6-3-2-4-7-16)24(29)27-12-10-17-8-9-18(25)14-19(17)22(21)27/h2-4,6-9,14-15H,5,10-13H2,1H3,(H,26,28). The Labute approximate surface area is 180 Å². The number of carbonyl (C=O) groups is 1. The van der Waals surface area contributed by atoms with Gasteiger partial charge in [-0.2, -0.15) is 0 Å². The highest BCUT2D eigenvalue weighted by Crippen LogP contribution is 2.34. The van der Waals surface area contributed by atoms with Crippen molar-refractivity contribution in [1.29, 1.82) is 0 Å². The normalized spacial score (nSPS) is 12.2. The third kappa shape index (κ3) is 3.91. The highest BCUT2D eigenvalue weighted by molar-refractivity contribution is 6.31. The second-order valence-electron chi connectivity index (χ2n) is 7.30. The highest BCUT2D eigenvalue weighted by Gasteiger charge is 2.26. The summed E-state index contributed by atoms with van der Waals surface area (Å²) in [5, 5.41) is 3.54. The van der Waals surface area contributed by atoms with Gasteiger partial charge in [0.05, 0.1) is 11.3 Å². The first-order valence-electron chi connectivity index (χ1n) is 9.99. The van der Waals surface area contributed by atoms with E-state index in [-0.39, 0.29) is 11.5 Å². The Morgan fingerprint density at radius 1 is 1.13 bits per heavy atom. The summed E-state index contributed by atoms with van der Waals surface area (Å²) < 4.78 is 6.77. The number of amides is 1. The van der Waals surface area contributed by atoms with E-state index in [4.69, 9.17) is 16.3 Å². The van der Waals surface area contributed by atoms with Crippen molar-refractivity contribution in [2.45, 2.75) is 19.4 Å². The number of ether oxygens (including phenoxy) is 1. The molecule has 5 nitrogen and oxygen atoms in total. The predicted octanol–water partition coefficient (Wildman–Crippen LogP) is 4.16. The first kappa shape index (κ1) is 20.4. The van der Waals surface area contributed by atoms with Crippen LogP contribution in [0.25, 0.3) is 22.4 Å². The maximum Gasteiger partial charge on any atom is 0.258 e. The summed E-state index contributed by atoms with van der Waals surface area (Å²) in [6.07, 6.45) is 1.43. The molecule has 2 aromatic carbocycles. The minimum absolute atomic E-state index is 0.0993. The molecule has 0 saturated carbocycles. The van der Waals surface area contributed by atoms with Gasteiger partial charge in [-0.25, -0.2) is 0 Å². The third-order valence-corrected chi connectivity index (χ3v) is 5.60. The third-order valence-electron chi connectivity index (χ3n) is 5.36. The van der Waals surface area contributed by atoms with Crippen molar-refractivity contribution in [3.05, 3.63) is 81.1 Å². The van der Waals surface area contributed by atoms with Crippen LogP contribution in [-0.4, -0.2) is 30.7 Å². The van der Waals surface area contributed by atoms with Crippen LogP contribution in [0.4, 0.5) is 0 Å². The highest BCUT2D eigenvalue weighted by atomic mass is 35.5. The Morgan fingerprint density at radius 2 is 1.93 bits per heavy atom. The Hall–Kier alpha value is -2.89. The van der Waals surface area contributed by atoms with Crippen molar-refractivity contribution < 1.29 is 9.53 Å². The van der Waals surface area contributed by atoms with Crippen molar-refractivity contribution in [3.8, 4) is 22.4 Å². The molecule has 1 N–H and O–H groups in total. The van der Waals surface area contributed by atoms with Crippen molar-refractivity contribution in [1.82, 2.24) is 9.88 Å². The minimum Gasteiger partial charge on any atom is -0.385 e. The average molecular weight is 423 g/mol. The molecule has 0 unspecified atom stereocenters. The van der Waals surface area contributed by atoms with E-state index in [1.807, 2.05) is 48.5 Å². The quantitative estimate of drug-likeness (QED) is 0.607. The molecule has 2 heterocycles. The average Bonchev–Trinajstić information content (AvgIpc) is 2.77. The zero-order chi connectivity index (χ0) is 21.1. The molecular formula is C24H23ClN2O3. The predicted molar refractivity (Wildman–Crippen MR) is 119 cm³/mol. The van der Waals surface area contributed by atoms with Crippen LogP contribution >= 0.6 is 11.6 Å². The summed E-state index contributed by atoms with van der Waals surface area (Å²) in [5.41, 5.74) is 4.25. The molecule has 4 rings (SSSR count). The van der Waals surface area contributed by atoms with Crippen LogP contribution in [0.15, 0.2) is 59.4 Å². The molecule has 0 spiro atoms. The van der Waals surface area contributed by atoms with Crippen LogP contribution in [-0.2, 0) is 17.7 Å². The fraction of sp³-hybridized carbons (Fsp3) is 0.250. The minimum atomic E-state index is -0.208. The van der Waals surface area contributed by atoms with E-state index in [0.29, 0.717) is 54.4 Å². The van der Waals surface area contributed by atoms with Crippen LogP contribution in [0.2, 0.25) is 5.02 Å². The topological polar surface area (TPSA) is 60.3 Å². The number of pyridine rings is 1. The van der Waals surface area contributed by atoms with Crippen molar-refractivity contribution >= 4 is 17.5 Å². The first-order chi connectivity index (χ1) is 14.6. The van der Waals surface area contributed by atoms with E-state index in [2.05, 4.69) is 5.32 Å². The molecule has 1 aliphatic heterocycles. The number of hydrogen-bond acceptors (Lipinski definition) is 3. The van der Waals surface area contributed by atoms with Gasteiger partial charge in [0, 0.05) is 43.0 Å². The summed E-state index contributed by atoms with van der Waals surface area (Å²) in [4.78, 5) is 26.5. The smallest absolute Gasteiger partial charge is 0.258 e.